The lowest BCUT2D eigenvalue weighted by Gasteiger charge is -2.24. The Balaban J connectivity index is 1.72. The van der Waals surface area contributed by atoms with E-state index in [0.29, 0.717) is 18.4 Å². The van der Waals surface area contributed by atoms with Gasteiger partial charge in [0.2, 0.25) is 0 Å². The number of aliphatic hydroxyl groups excluding tert-OH is 1. The van der Waals surface area contributed by atoms with Gasteiger partial charge in [0.05, 0.1) is 17.4 Å². The second kappa shape index (κ2) is 8.49. The smallest absolute Gasteiger partial charge is 0.339 e. The third kappa shape index (κ3) is 4.47. The molecule has 1 aromatic rings. The van der Waals surface area contributed by atoms with Crippen LogP contribution in [-0.4, -0.2) is 47.5 Å². The largest absolute Gasteiger partial charge is 0.458 e. The Bertz CT molecular complexity index is 919. The van der Waals surface area contributed by atoms with E-state index in [-0.39, 0.29) is 24.1 Å². The lowest BCUT2D eigenvalue weighted by Crippen LogP contribution is -2.34. The van der Waals surface area contributed by atoms with E-state index >= 15 is 0 Å². The zero-order valence-corrected chi connectivity index (χ0v) is 19.1. The van der Waals surface area contributed by atoms with Gasteiger partial charge in [-0.1, -0.05) is 25.1 Å². The van der Waals surface area contributed by atoms with E-state index in [4.69, 9.17) is 14.2 Å². The van der Waals surface area contributed by atoms with Gasteiger partial charge in [-0.15, -0.1) is 0 Å². The zero-order valence-electron chi connectivity index (χ0n) is 19.1. The molecule has 1 N–H and O–H groups in total. The number of hydrogen-bond donors (Lipinski definition) is 1. The Labute approximate surface area is 184 Å². The van der Waals surface area contributed by atoms with E-state index in [2.05, 4.69) is 11.1 Å². The third-order valence-electron chi connectivity index (χ3n) is 6.53. The van der Waals surface area contributed by atoms with Gasteiger partial charge in [-0.05, 0) is 63.6 Å². The molecule has 0 radical (unpaired) electrons. The lowest BCUT2D eigenvalue weighted by molar-refractivity contribution is -0.152. The summed E-state index contributed by atoms with van der Waals surface area (Å²) in [4.78, 5) is 17.8. The Morgan fingerprint density at radius 3 is 2.74 bits per heavy atom. The highest BCUT2D eigenvalue weighted by Gasteiger charge is 2.44. The maximum atomic E-state index is 13.2. The highest BCUT2D eigenvalue weighted by Crippen LogP contribution is 2.37. The fourth-order valence-corrected chi connectivity index (χ4v) is 4.78. The van der Waals surface area contributed by atoms with Crippen LogP contribution in [0.2, 0.25) is 0 Å². The normalized spacial score (nSPS) is 33.7. The minimum atomic E-state index is -0.788. The number of hydrogen-bond acceptors (Lipinski definition) is 6. The molecule has 4 rings (SSSR count). The van der Waals surface area contributed by atoms with E-state index in [0.717, 1.165) is 35.2 Å². The minimum Gasteiger partial charge on any atom is -0.458 e. The molecule has 3 aliphatic heterocycles. The monoisotopic (exact) mass is 427 g/mol. The summed E-state index contributed by atoms with van der Waals surface area (Å²) in [5.41, 5.74) is 4.59. The number of aliphatic imine (C=N–C) groups is 1. The number of benzene rings is 1. The molecule has 1 unspecified atom stereocenters. The summed E-state index contributed by atoms with van der Waals surface area (Å²) in [6.45, 7) is 9.58. The van der Waals surface area contributed by atoms with Crippen LogP contribution in [0.3, 0.4) is 0 Å². The molecule has 3 heterocycles. The van der Waals surface area contributed by atoms with Gasteiger partial charge < -0.3 is 19.3 Å². The summed E-state index contributed by atoms with van der Waals surface area (Å²) >= 11 is 0. The SMILES string of the molecule is Cc1cc2c(c3c1C(=O)O[C@@H](C)[C@H](C)/C=C\C(O)[C@H]1OC(C)(C)O[C@@H]1CCC3)N=CC2. The van der Waals surface area contributed by atoms with Gasteiger partial charge in [-0.2, -0.15) is 0 Å². The number of carbonyl (C=O) groups excluding carboxylic acids is 1. The van der Waals surface area contributed by atoms with Crippen molar-refractivity contribution in [3.8, 4) is 0 Å². The van der Waals surface area contributed by atoms with Gasteiger partial charge >= 0.3 is 5.97 Å². The maximum Gasteiger partial charge on any atom is 0.339 e. The first-order valence-electron chi connectivity index (χ1n) is 11.3. The molecule has 0 amide bonds. The average molecular weight is 428 g/mol. The van der Waals surface area contributed by atoms with Gasteiger partial charge in [-0.25, -0.2) is 4.79 Å². The summed E-state index contributed by atoms with van der Waals surface area (Å²) in [7, 11) is 0. The quantitative estimate of drug-likeness (QED) is 0.496. The van der Waals surface area contributed by atoms with Crippen molar-refractivity contribution < 1.29 is 24.1 Å². The molecule has 31 heavy (non-hydrogen) atoms. The molecule has 6 nitrogen and oxygen atoms in total. The second-order valence-electron chi connectivity index (χ2n) is 9.45. The van der Waals surface area contributed by atoms with Crippen LogP contribution in [0, 0.1) is 12.8 Å². The fraction of sp³-hybridized carbons (Fsp3) is 0.600. The highest BCUT2D eigenvalue weighted by molar-refractivity contribution is 5.96. The van der Waals surface area contributed by atoms with Crippen molar-refractivity contribution in [1.82, 2.24) is 0 Å². The van der Waals surface area contributed by atoms with Crippen molar-refractivity contribution in [2.45, 2.75) is 90.5 Å². The molecule has 6 heteroatoms. The van der Waals surface area contributed by atoms with E-state index in [1.54, 1.807) is 6.08 Å². The maximum absolute atomic E-state index is 13.2. The van der Waals surface area contributed by atoms with Crippen LogP contribution >= 0.6 is 0 Å². The topological polar surface area (TPSA) is 77.4 Å². The predicted octanol–water partition coefficient (Wildman–Crippen LogP) is 4.21. The van der Waals surface area contributed by atoms with Crippen molar-refractivity contribution in [2.24, 2.45) is 10.9 Å². The number of aryl methyl sites for hydroxylation is 1. The number of cyclic esters (lactones) is 1. The van der Waals surface area contributed by atoms with Crippen LogP contribution in [0.1, 0.15) is 67.6 Å². The van der Waals surface area contributed by atoms with Crippen molar-refractivity contribution >= 4 is 17.9 Å². The Morgan fingerprint density at radius 2 is 1.97 bits per heavy atom. The number of ether oxygens (including phenoxy) is 3. The van der Waals surface area contributed by atoms with E-state index in [9.17, 15) is 9.90 Å². The van der Waals surface area contributed by atoms with Crippen molar-refractivity contribution in [3.63, 3.8) is 0 Å². The number of aliphatic hydroxyl groups is 1. The van der Waals surface area contributed by atoms with Gasteiger partial charge in [0.25, 0.3) is 0 Å². The molecule has 0 saturated carbocycles. The predicted molar refractivity (Wildman–Crippen MR) is 119 cm³/mol. The Morgan fingerprint density at radius 1 is 1.19 bits per heavy atom. The molecule has 1 aromatic carbocycles. The van der Waals surface area contributed by atoms with Crippen molar-refractivity contribution in [3.05, 3.63) is 40.5 Å². The van der Waals surface area contributed by atoms with Gasteiger partial charge in [0.1, 0.15) is 18.3 Å². The first kappa shape index (κ1) is 22.2. The van der Waals surface area contributed by atoms with E-state index in [1.807, 2.05) is 46.9 Å². The standard InChI is InChI=1S/C25H33NO5/c1-14-9-10-19(27)23-20(30-25(4,5)31-23)8-6-7-18-21(24(28)29-16(14)3)15(2)13-17-11-12-26-22(17)18/h9-10,12-14,16,19-20,23,27H,6-8,11H2,1-5H3/b10-9-/t14-,16+,19?,20-,23-/m1/s1. The van der Waals surface area contributed by atoms with Crippen molar-refractivity contribution in [1.29, 1.82) is 0 Å². The molecule has 3 aliphatic rings. The number of nitrogens with zero attached hydrogens (tertiary/aromatic N) is 1. The molecule has 1 saturated heterocycles. The first-order valence-corrected chi connectivity index (χ1v) is 11.3. The molecular weight excluding hydrogens is 394 g/mol. The average Bonchev–Trinajstić information content (AvgIpc) is 3.28. The summed E-state index contributed by atoms with van der Waals surface area (Å²) in [6, 6.07) is 2.06. The summed E-state index contributed by atoms with van der Waals surface area (Å²) in [5.74, 6) is -1.11. The first-order chi connectivity index (χ1) is 14.7. The molecule has 168 valence electrons. The van der Waals surface area contributed by atoms with Crippen LogP contribution in [0.4, 0.5) is 5.69 Å². The zero-order chi connectivity index (χ0) is 22.3. The number of carbonyl (C=O) groups is 1. The minimum absolute atomic E-state index is 0.0634. The molecular formula is C25H33NO5. The number of esters is 1. The number of rotatable bonds is 0. The summed E-state index contributed by atoms with van der Waals surface area (Å²) in [5, 5.41) is 10.8. The van der Waals surface area contributed by atoms with Crippen LogP contribution in [-0.2, 0) is 27.1 Å². The van der Waals surface area contributed by atoms with Crippen LogP contribution in [0.15, 0.2) is 23.2 Å². The van der Waals surface area contributed by atoms with Gasteiger partial charge in [0, 0.05) is 18.6 Å². The van der Waals surface area contributed by atoms with Gasteiger partial charge in [0.15, 0.2) is 5.79 Å². The fourth-order valence-electron chi connectivity index (χ4n) is 4.78. The third-order valence-corrected chi connectivity index (χ3v) is 6.53. The van der Waals surface area contributed by atoms with Crippen LogP contribution < -0.4 is 0 Å². The molecule has 0 bridgehead atoms. The van der Waals surface area contributed by atoms with E-state index in [1.165, 1.54) is 0 Å². The van der Waals surface area contributed by atoms with Crippen LogP contribution in [0.25, 0.3) is 0 Å². The second-order valence-corrected chi connectivity index (χ2v) is 9.45. The van der Waals surface area contributed by atoms with Crippen molar-refractivity contribution in [2.75, 3.05) is 0 Å². The molecule has 0 spiro atoms. The molecule has 0 aromatic heterocycles. The molecule has 0 aliphatic carbocycles. The lowest BCUT2D eigenvalue weighted by atomic mass is 9.91. The van der Waals surface area contributed by atoms with Crippen LogP contribution in [0.5, 0.6) is 0 Å². The number of fused-ring (bicyclic) bond motifs is 4. The van der Waals surface area contributed by atoms with Gasteiger partial charge in [-0.3, -0.25) is 4.99 Å². The highest BCUT2D eigenvalue weighted by atomic mass is 16.8. The Hall–Kier alpha value is -2.02. The molecule has 5 atom stereocenters. The summed E-state index contributed by atoms with van der Waals surface area (Å²) < 4.78 is 18.0. The Kier molecular flexibility index (Phi) is 6.08. The van der Waals surface area contributed by atoms with E-state index < -0.39 is 18.0 Å². The summed E-state index contributed by atoms with van der Waals surface area (Å²) in [6.07, 6.45) is 6.74. The molecule has 1 fully saturated rings.